The molecular weight excluding hydrogens is 444 g/mol. The monoisotopic (exact) mass is 464 g/mol. The minimum atomic E-state index is -0.203. The van der Waals surface area contributed by atoms with E-state index in [1.54, 1.807) is 30.2 Å². The van der Waals surface area contributed by atoms with Crippen LogP contribution in [0.3, 0.4) is 0 Å². The number of pyridine rings is 1. The Labute approximate surface area is 194 Å². The largest absolute Gasteiger partial charge is 0.443 e. The van der Waals surface area contributed by atoms with Crippen LogP contribution in [0.2, 0.25) is 5.02 Å². The second-order valence-corrected chi connectivity index (χ2v) is 9.00. The van der Waals surface area contributed by atoms with Crippen molar-refractivity contribution in [3.63, 3.8) is 0 Å². The summed E-state index contributed by atoms with van der Waals surface area (Å²) in [5.41, 5.74) is 3.97. The van der Waals surface area contributed by atoms with Crippen LogP contribution in [0.25, 0.3) is 10.6 Å². The zero-order valence-electron chi connectivity index (χ0n) is 17.3. The number of benzene rings is 1. The number of hydrogen-bond donors (Lipinski definition) is 0. The van der Waals surface area contributed by atoms with Gasteiger partial charge in [-0.15, -0.1) is 11.3 Å². The zero-order valence-corrected chi connectivity index (χ0v) is 18.9. The highest BCUT2D eigenvalue weighted by Gasteiger charge is 2.33. The van der Waals surface area contributed by atoms with Gasteiger partial charge in [0.1, 0.15) is 11.8 Å². The van der Waals surface area contributed by atoms with Crippen molar-refractivity contribution in [2.24, 2.45) is 0 Å². The number of oxazole rings is 1. The van der Waals surface area contributed by atoms with Crippen LogP contribution >= 0.6 is 22.9 Å². The van der Waals surface area contributed by atoms with E-state index in [0.29, 0.717) is 35.1 Å². The number of amides is 1. The van der Waals surface area contributed by atoms with E-state index in [1.807, 2.05) is 35.2 Å². The summed E-state index contributed by atoms with van der Waals surface area (Å²) in [7, 11) is 0. The number of rotatable bonds is 5. The molecule has 0 spiro atoms. The first-order chi connectivity index (χ1) is 15.7. The zero-order chi connectivity index (χ0) is 21.9. The van der Waals surface area contributed by atoms with Crippen molar-refractivity contribution in [3.8, 4) is 10.6 Å². The lowest BCUT2D eigenvalue weighted by molar-refractivity contribution is 0.0570. The van der Waals surface area contributed by atoms with Gasteiger partial charge in [-0.2, -0.15) is 0 Å². The molecule has 0 radical (unpaired) electrons. The van der Waals surface area contributed by atoms with Gasteiger partial charge in [-0.25, -0.2) is 4.98 Å². The van der Waals surface area contributed by atoms with E-state index in [-0.39, 0.29) is 11.9 Å². The van der Waals surface area contributed by atoms with Crippen molar-refractivity contribution in [2.45, 2.75) is 31.7 Å². The number of hydrogen-bond acceptors (Lipinski definition) is 6. The third-order valence-electron chi connectivity index (χ3n) is 5.65. The van der Waals surface area contributed by atoms with Gasteiger partial charge in [0.2, 0.25) is 5.89 Å². The highest BCUT2D eigenvalue weighted by molar-refractivity contribution is 7.13. The van der Waals surface area contributed by atoms with E-state index in [2.05, 4.69) is 15.0 Å². The van der Waals surface area contributed by atoms with Crippen molar-refractivity contribution in [1.29, 1.82) is 0 Å². The van der Waals surface area contributed by atoms with Crippen molar-refractivity contribution in [2.75, 3.05) is 6.54 Å². The molecule has 8 heteroatoms. The smallest absolute Gasteiger partial charge is 0.256 e. The number of halogens is 1. The quantitative estimate of drug-likeness (QED) is 0.373. The Bertz CT molecular complexity index is 1220. The van der Waals surface area contributed by atoms with Gasteiger partial charge >= 0.3 is 0 Å². The Morgan fingerprint density at radius 3 is 2.91 bits per heavy atom. The number of carbonyl (C=O) groups excluding carboxylic acids is 1. The van der Waals surface area contributed by atoms with Crippen molar-refractivity contribution in [3.05, 3.63) is 88.3 Å². The van der Waals surface area contributed by atoms with Crippen LogP contribution in [0.5, 0.6) is 0 Å². The molecule has 1 aromatic carbocycles. The minimum absolute atomic E-state index is 0.0583. The molecule has 32 heavy (non-hydrogen) atoms. The number of piperidine rings is 1. The highest BCUT2D eigenvalue weighted by atomic mass is 35.5. The summed E-state index contributed by atoms with van der Waals surface area (Å²) >= 11 is 7.77. The summed E-state index contributed by atoms with van der Waals surface area (Å²) in [5.74, 6) is 1.25. The molecule has 0 bridgehead atoms. The predicted molar refractivity (Wildman–Crippen MR) is 124 cm³/mol. The standard InChI is InChI=1S/C24H21ClN4O2S/c25-19-8-2-1-6-16(19)12-17-13-28-23(31-17)20-9-3-4-11-29(20)24(30)18-7-5-10-27-22(18)21-14-26-15-32-21/h1-2,5-8,10,13-15,20H,3-4,9,11-12H2/t20-/m1/s1. The molecule has 1 aliphatic heterocycles. The van der Waals surface area contributed by atoms with E-state index in [9.17, 15) is 4.79 Å². The fourth-order valence-electron chi connectivity index (χ4n) is 4.08. The van der Waals surface area contributed by atoms with E-state index in [0.717, 1.165) is 35.5 Å². The maximum atomic E-state index is 13.6. The van der Waals surface area contributed by atoms with Gasteiger partial charge in [0, 0.05) is 30.4 Å². The lowest BCUT2D eigenvalue weighted by Gasteiger charge is -2.34. The summed E-state index contributed by atoms with van der Waals surface area (Å²) in [4.78, 5) is 29.5. The van der Waals surface area contributed by atoms with Crippen LogP contribution in [0.15, 0.2) is 64.9 Å². The molecule has 1 atom stereocenters. The molecule has 5 rings (SSSR count). The summed E-state index contributed by atoms with van der Waals surface area (Å²) in [5, 5.41) is 0.701. The van der Waals surface area contributed by atoms with Gasteiger partial charge < -0.3 is 9.32 Å². The average Bonchev–Trinajstić information content (AvgIpc) is 3.53. The van der Waals surface area contributed by atoms with Crippen LogP contribution < -0.4 is 0 Å². The van der Waals surface area contributed by atoms with Crippen LogP contribution in [-0.2, 0) is 6.42 Å². The fraction of sp³-hybridized carbons (Fsp3) is 0.250. The first-order valence-electron chi connectivity index (χ1n) is 10.5. The van der Waals surface area contributed by atoms with Crippen LogP contribution in [-0.4, -0.2) is 32.3 Å². The number of aromatic nitrogens is 3. The normalized spacial score (nSPS) is 16.3. The van der Waals surface area contributed by atoms with Crippen molar-refractivity contribution >= 4 is 28.8 Å². The first kappa shape index (κ1) is 20.8. The molecule has 1 fully saturated rings. The van der Waals surface area contributed by atoms with Gasteiger partial charge in [0.25, 0.3) is 5.91 Å². The summed E-state index contributed by atoms with van der Waals surface area (Å²) in [6, 6.07) is 11.1. The topological polar surface area (TPSA) is 72.1 Å². The summed E-state index contributed by atoms with van der Waals surface area (Å²) in [6.45, 7) is 0.656. The molecule has 1 amide bonds. The Hall–Kier alpha value is -3.03. The molecule has 3 aromatic heterocycles. The number of carbonyl (C=O) groups is 1. The number of thiazole rings is 1. The molecule has 162 valence electrons. The lowest BCUT2D eigenvalue weighted by atomic mass is 10.00. The van der Waals surface area contributed by atoms with Crippen LogP contribution in [0, 0.1) is 0 Å². The van der Waals surface area contributed by atoms with Gasteiger partial charge in [0.15, 0.2) is 0 Å². The average molecular weight is 465 g/mol. The van der Waals surface area contributed by atoms with Gasteiger partial charge in [-0.05, 0) is 43.0 Å². The molecular formula is C24H21ClN4O2S. The fourth-order valence-corrected chi connectivity index (χ4v) is 4.91. The van der Waals surface area contributed by atoms with Crippen molar-refractivity contribution < 1.29 is 9.21 Å². The van der Waals surface area contributed by atoms with Crippen molar-refractivity contribution in [1.82, 2.24) is 19.9 Å². The summed E-state index contributed by atoms with van der Waals surface area (Å²) < 4.78 is 6.11. The third-order valence-corrected chi connectivity index (χ3v) is 6.80. The molecule has 1 aliphatic rings. The van der Waals surface area contributed by atoms with E-state index >= 15 is 0 Å². The number of nitrogens with zero attached hydrogens (tertiary/aromatic N) is 4. The minimum Gasteiger partial charge on any atom is -0.443 e. The molecule has 0 saturated carbocycles. The van der Waals surface area contributed by atoms with Gasteiger partial charge in [-0.1, -0.05) is 29.8 Å². The third kappa shape index (κ3) is 4.18. The molecule has 0 N–H and O–H groups in total. The Balaban J connectivity index is 1.42. The molecule has 4 heterocycles. The van der Waals surface area contributed by atoms with E-state index < -0.39 is 0 Å². The van der Waals surface area contributed by atoms with Gasteiger partial charge in [-0.3, -0.25) is 14.8 Å². The molecule has 1 saturated heterocycles. The molecule has 0 unspecified atom stereocenters. The highest BCUT2D eigenvalue weighted by Crippen LogP contribution is 2.34. The lowest BCUT2D eigenvalue weighted by Crippen LogP contribution is -2.39. The molecule has 0 aliphatic carbocycles. The van der Waals surface area contributed by atoms with Crippen LogP contribution in [0.4, 0.5) is 0 Å². The maximum Gasteiger partial charge on any atom is 0.256 e. The van der Waals surface area contributed by atoms with Crippen LogP contribution in [0.1, 0.15) is 52.9 Å². The summed E-state index contributed by atoms with van der Waals surface area (Å²) in [6.07, 6.45) is 8.53. The number of likely N-dealkylation sites (tertiary alicyclic amines) is 1. The SMILES string of the molecule is O=C(c1cccnc1-c1cncs1)N1CCCC[C@@H]1c1ncc(Cc2ccccc2Cl)o1. The predicted octanol–water partition coefficient (Wildman–Crippen LogP) is 5.80. The second-order valence-electron chi connectivity index (χ2n) is 7.71. The Morgan fingerprint density at radius 1 is 1.16 bits per heavy atom. The first-order valence-corrected chi connectivity index (χ1v) is 11.8. The Kier molecular flexibility index (Phi) is 6.01. The maximum absolute atomic E-state index is 13.6. The molecule has 4 aromatic rings. The van der Waals surface area contributed by atoms with E-state index in [1.165, 1.54) is 11.3 Å². The Morgan fingerprint density at radius 2 is 2.06 bits per heavy atom. The van der Waals surface area contributed by atoms with Gasteiger partial charge in [0.05, 0.1) is 27.8 Å². The second kappa shape index (κ2) is 9.22. The van der Waals surface area contributed by atoms with E-state index in [4.69, 9.17) is 16.0 Å². The molecule has 6 nitrogen and oxygen atoms in total.